The number of benzene rings is 1. The summed E-state index contributed by atoms with van der Waals surface area (Å²) in [6.07, 6.45) is 0. The van der Waals surface area contributed by atoms with Crippen LogP contribution in [-0.2, 0) is 6.54 Å². The van der Waals surface area contributed by atoms with Gasteiger partial charge in [0.2, 0.25) is 0 Å². The third-order valence-electron chi connectivity index (χ3n) is 3.64. The zero-order valence-electron chi connectivity index (χ0n) is 12.3. The molecule has 0 bridgehead atoms. The van der Waals surface area contributed by atoms with Crippen LogP contribution in [0, 0.1) is 12.7 Å². The minimum Gasteiger partial charge on any atom is -0.334 e. The summed E-state index contributed by atoms with van der Waals surface area (Å²) < 4.78 is 19.0. The van der Waals surface area contributed by atoms with Gasteiger partial charge in [0.15, 0.2) is 5.82 Å². The summed E-state index contributed by atoms with van der Waals surface area (Å²) in [7, 11) is 0. The Morgan fingerprint density at radius 1 is 1.48 bits per heavy atom. The SMILES string of the molecule is Cc1ccc(F)c(-c2nc(CN3CCN[C@@H](C)C3)no2)c1. The highest BCUT2D eigenvalue weighted by Gasteiger charge is 2.19. The van der Waals surface area contributed by atoms with Crippen molar-refractivity contribution in [2.75, 3.05) is 19.6 Å². The molecule has 1 aromatic heterocycles. The number of nitrogens with zero attached hydrogens (tertiary/aromatic N) is 3. The van der Waals surface area contributed by atoms with E-state index in [1.165, 1.54) is 6.07 Å². The summed E-state index contributed by atoms with van der Waals surface area (Å²) in [6, 6.07) is 5.32. The smallest absolute Gasteiger partial charge is 0.260 e. The zero-order valence-corrected chi connectivity index (χ0v) is 12.3. The van der Waals surface area contributed by atoms with Crippen molar-refractivity contribution in [2.45, 2.75) is 26.4 Å². The molecule has 0 saturated carbocycles. The number of aromatic nitrogens is 2. The van der Waals surface area contributed by atoms with Crippen LogP contribution in [0.5, 0.6) is 0 Å². The maximum atomic E-state index is 13.8. The van der Waals surface area contributed by atoms with Crippen LogP contribution in [0.4, 0.5) is 4.39 Å². The molecule has 0 amide bonds. The van der Waals surface area contributed by atoms with E-state index in [-0.39, 0.29) is 11.7 Å². The Bertz CT molecular complexity index is 628. The molecule has 1 aromatic carbocycles. The van der Waals surface area contributed by atoms with Gasteiger partial charge in [0.1, 0.15) is 5.82 Å². The highest BCUT2D eigenvalue weighted by atomic mass is 19.1. The largest absolute Gasteiger partial charge is 0.334 e. The normalized spacial score (nSPS) is 19.9. The molecule has 1 atom stereocenters. The van der Waals surface area contributed by atoms with Gasteiger partial charge in [-0.3, -0.25) is 4.90 Å². The van der Waals surface area contributed by atoms with Crippen molar-refractivity contribution in [2.24, 2.45) is 0 Å². The maximum absolute atomic E-state index is 13.8. The highest BCUT2D eigenvalue weighted by molar-refractivity contribution is 5.55. The number of hydrogen-bond acceptors (Lipinski definition) is 5. The Hall–Kier alpha value is -1.79. The Kier molecular flexibility index (Phi) is 3.98. The van der Waals surface area contributed by atoms with Crippen molar-refractivity contribution >= 4 is 0 Å². The first kappa shape index (κ1) is 14.2. The molecule has 2 aromatic rings. The monoisotopic (exact) mass is 290 g/mol. The van der Waals surface area contributed by atoms with Crippen LogP contribution in [-0.4, -0.2) is 40.7 Å². The molecule has 0 radical (unpaired) electrons. The number of nitrogens with one attached hydrogen (secondary N) is 1. The highest BCUT2D eigenvalue weighted by Crippen LogP contribution is 2.22. The number of aryl methyl sites for hydroxylation is 1. The molecule has 0 spiro atoms. The summed E-state index contributed by atoms with van der Waals surface area (Å²) in [5.74, 6) is 0.501. The molecule has 1 aliphatic rings. The van der Waals surface area contributed by atoms with Gasteiger partial charge >= 0.3 is 0 Å². The summed E-state index contributed by atoms with van der Waals surface area (Å²) in [5.41, 5.74) is 1.32. The summed E-state index contributed by atoms with van der Waals surface area (Å²) in [4.78, 5) is 6.59. The lowest BCUT2D eigenvalue weighted by Gasteiger charge is -2.30. The maximum Gasteiger partial charge on any atom is 0.260 e. The fraction of sp³-hybridized carbons (Fsp3) is 0.467. The van der Waals surface area contributed by atoms with Gasteiger partial charge in [0.05, 0.1) is 12.1 Å². The van der Waals surface area contributed by atoms with Crippen molar-refractivity contribution in [1.29, 1.82) is 0 Å². The molecule has 6 heteroatoms. The van der Waals surface area contributed by atoms with Crippen LogP contribution >= 0.6 is 0 Å². The van der Waals surface area contributed by atoms with E-state index in [1.54, 1.807) is 12.1 Å². The van der Waals surface area contributed by atoms with Gasteiger partial charge in [-0.05, 0) is 26.0 Å². The van der Waals surface area contributed by atoms with Crippen LogP contribution in [0.2, 0.25) is 0 Å². The van der Waals surface area contributed by atoms with Crippen LogP contribution in [0.3, 0.4) is 0 Å². The summed E-state index contributed by atoms with van der Waals surface area (Å²) in [6.45, 7) is 7.54. The third-order valence-corrected chi connectivity index (χ3v) is 3.64. The molecule has 5 nitrogen and oxygen atoms in total. The minimum atomic E-state index is -0.341. The molecule has 0 aliphatic carbocycles. The minimum absolute atomic E-state index is 0.245. The predicted molar refractivity (Wildman–Crippen MR) is 77.2 cm³/mol. The van der Waals surface area contributed by atoms with Crippen LogP contribution < -0.4 is 5.32 Å². The Labute approximate surface area is 123 Å². The van der Waals surface area contributed by atoms with Crippen LogP contribution in [0.25, 0.3) is 11.5 Å². The Morgan fingerprint density at radius 2 is 2.33 bits per heavy atom. The second kappa shape index (κ2) is 5.91. The standard InChI is InChI=1S/C15H19FN4O/c1-10-3-4-13(16)12(7-10)15-18-14(19-21-15)9-20-6-5-17-11(2)8-20/h3-4,7,11,17H,5-6,8-9H2,1-2H3/t11-/m0/s1. The van der Waals surface area contributed by atoms with E-state index in [4.69, 9.17) is 4.52 Å². The lowest BCUT2D eigenvalue weighted by Crippen LogP contribution is -2.48. The molecule has 3 rings (SSSR count). The van der Waals surface area contributed by atoms with Crippen LogP contribution in [0.15, 0.2) is 22.7 Å². The first-order valence-corrected chi connectivity index (χ1v) is 7.16. The lowest BCUT2D eigenvalue weighted by molar-refractivity contribution is 0.193. The second-order valence-corrected chi connectivity index (χ2v) is 5.59. The van der Waals surface area contributed by atoms with Gasteiger partial charge in [0, 0.05) is 25.7 Å². The van der Waals surface area contributed by atoms with Gasteiger partial charge in [-0.2, -0.15) is 4.98 Å². The molecule has 1 fully saturated rings. The van der Waals surface area contributed by atoms with Crippen LogP contribution in [0.1, 0.15) is 18.3 Å². The lowest BCUT2D eigenvalue weighted by atomic mass is 10.1. The van der Waals surface area contributed by atoms with E-state index >= 15 is 0 Å². The van der Waals surface area contributed by atoms with Gasteiger partial charge in [-0.1, -0.05) is 16.8 Å². The van der Waals surface area contributed by atoms with E-state index < -0.39 is 0 Å². The van der Waals surface area contributed by atoms with Crippen molar-refractivity contribution in [3.05, 3.63) is 35.4 Å². The fourth-order valence-corrected chi connectivity index (χ4v) is 2.59. The van der Waals surface area contributed by atoms with E-state index in [2.05, 4.69) is 27.3 Å². The summed E-state index contributed by atoms with van der Waals surface area (Å²) in [5, 5.41) is 7.35. The van der Waals surface area contributed by atoms with Crippen molar-refractivity contribution in [1.82, 2.24) is 20.4 Å². The number of hydrogen-bond donors (Lipinski definition) is 1. The molecular formula is C15H19FN4O. The zero-order chi connectivity index (χ0) is 14.8. The van der Waals surface area contributed by atoms with E-state index in [0.717, 1.165) is 25.2 Å². The third kappa shape index (κ3) is 3.28. The molecule has 2 heterocycles. The quantitative estimate of drug-likeness (QED) is 0.936. The molecule has 21 heavy (non-hydrogen) atoms. The van der Waals surface area contributed by atoms with E-state index in [1.807, 2.05) is 6.92 Å². The van der Waals surface area contributed by atoms with Gasteiger partial charge in [0.25, 0.3) is 5.89 Å². The molecule has 1 N–H and O–H groups in total. The average Bonchev–Trinajstić information content (AvgIpc) is 2.90. The second-order valence-electron chi connectivity index (χ2n) is 5.59. The van der Waals surface area contributed by atoms with E-state index in [0.29, 0.717) is 24.0 Å². The fourth-order valence-electron chi connectivity index (χ4n) is 2.59. The topological polar surface area (TPSA) is 54.2 Å². The van der Waals surface area contributed by atoms with Crippen molar-refractivity contribution in [3.8, 4) is 11.5 Å². The molecule has 1 saturated heterocycles. The van der Waals surface area contributed by atoms with Crippen molar-refractivity contribution in [3.63, 3.8) is 0 Å². The Balaban J connectivity index is 1.75. The first-order valence-electron chi connectivity index (χ1n) is 7.16. The molecule has 0 unspecified atom stereocenters. The predicted octanol–water partition coefficient (Wildman–Crippen LogP) is 1.98. The number of rotatable bonds is 3. The van der Waals surface area contributed by atoms with Crippen molar-refractivity contribution < 1.29 is 8.91 Å². The number of halogens is 1. The average molecular weight is 290 g/mol. The summed E-state index contributed by atoms with van der Waals surface area (Å²) >= 11 is 0. The number of piperazine rings is 1. The Morgan fingerprint density at radius 3 is 3.14 bits per heavy atom. The van der Waals surface area contributed by atoms with Gasteiger partial charge in [-0.15, -0.1) is 0 Å². The molecule has 112 valence electrons. The molecule has 1 aliphatic heterocycles. The molecular weight excluding hydrogens is 271 g/mol. The van der Waals surface area contributed by atoms with Gasteiger partial charge in [-0.25, -0.2) is 4.39 Å². The first-order chi connectivity index (χ1) is 10.1. The van der Waals surface area contributed by atoms with Gasteiger partial charge < -0.3 is 9.84 Å². The van der Waals surface area contributed by atoms with E-state index in [9.17, 15) is 4.39 Å².